The number of hydrogen-bond donors (Lipinski definition) is 0. The molecule has 0 aliphatic carbocycles. The van der Waals surface area contributed by atoms with Crippen LogP contribution in [0.1, 0.15) is 25.0 Å². The lowest BCUT2D eigenvalue weighted by Gasteiger charge is -2.14. The van der Waals surface area contributed by atoms with Gasteiger partial charge in [-0.25, -0.2) is 0 Å². The molecule has 5 heteroatoms. The van der Waals surface area contributed by atoms with E-state index in [2.05, 4.69) is 32.0 Å². The molecule has 4 aromatic rings. The summed E-state index contributed by atoms with van der Waals surface area (Å²) in [5, 5.41) is 1.53. The predicted molar refractivity (Wildman–Crippen MR) is 130 cm³/mol. The summed E-state index contributed by atoms with van der Waals surface area (Å²) in [6.07, 6.45) is 1.73. The zero-order valence-corrected chi connectivity index (χ0v) is 19.4. The SMILES string of the molecule is CCc1cc(CC)c2c(c1)c(=O)c1ccccc1[s+]2-c1c(OC)cc(OC)cc1OC. The maximum atomic E-state index is 13.6. The van der Waals surface area contributed by atoms with Gasteiger partial charge in [0.1, 0.15) is 5.75 Å². The van der Waals surface area contributed by atoms with Gasteiger partial charge in [-0.2, -0.15) is 0 Å². The van der Waals surface area contributed by atoms with Gasteiger partial charge in [0.2, 0.25) is 5.43 Å². The minimum Gasteiger partial charge on any atom is -0.496 e. The third-order valence-electron chi connectivity index (χ3n) is 5.69. The van der Waals surface area contributed by atoms with Crippen LogP contribution in [0.3, 0.4) is 0 Å². The fraction of sp³-hybridized carbons (Fsp3) is 0.269. The molecule has 0 saturated carbocycles. The van der Waals surface area contributed by atoms with E-state index in [0.717, 1.165) is 37.9 Å². The highest BCUT2D eigenvalue weighted by Gasteiger charge is 2.32. The van der Waals surface area contributed by atoms with Crippen LogP contribution in [0.5, 0.6) is 17.2 Å². The lowest BCUT2D eigenvalue weighted by atomic mass is 10.0. The van der Waals surface area contributed by atoms with E-state index in [1.807, 2.05) is 30.3 Å². The molecule has 1 unspecified atom stereocenters. The third-order valence-corrected chi connectivity index (χ3v) is 8.19. The van der Waals surface area contributed by atoms with Crippen LogP contribution in [0.4, 0.5) is 0 Å². The fourth-order valence-electron chi connectivity index (χ4n) is 4.11. The predicted octanol–water partition coefficient (Wildman–Crippen LogP) is 6.24. The van der Waals surface area contributed by atoms with Crippen LogP contribution < -0.4 is 19.6 Å². The molecule has 0 aliphatic rings. The largest absolute Gasteiger partial charge is 0.496 e. The highest BCUT2D eigenvalue weighted by atomic mass is 32.2. The van der Waals surface area contributed by atoms with Gasteiger partial charge in [0.05, 0.1) is 32.1 Å². The number of fused-ring (bicyclic) bond motifs is 2. The minimum atomic E-state index is -0.560. The summed E-state index contributed by atoms with van der Waals surface area (Å²) in [5.41, 5.74) is 2.46. The normalized spacial score (nSPS) is 11.7. The Balaban J connectivity index is 2.31. The van der Waals surface area contributed by atoms with Crippen LogP contribution in [-0.4, -0.2) is 21.3 Å². The topological polar surface area (TPSA) is 44.8 Å². The van der Waals surface area contributed by atoms with Crippen molar-refractivity contribution < 1.29 is 14.2 Å². The molecule has 0 radical (unpaired) electrons. The van der Waals surface area contributed by atoms with Crippen LogP contribution in [-0.2, 0) is 12.8 Å². The molecule has 0 fully saturated rings. The molecular weight excluding hydrogens is 408 g/mol. The molecule has 31 heavy (non-hydrogen) atoms. The number of methoxy groups -OCH3 is 3. The maximum absolute atomic E-state index is 13.6. The Hall–Kier alpha value is -3.05. The minimum absolute atomic E-state index is 0.0887. The van der Waals surface area contributed by atoms with Crippen molar-refractivity contribution in [1.29, 1.82) is 0 Å². The highest BCUT2D eigenvalue weighted by molar-refractivity contribution is 7.50. The lowest BCUT2D eigenvalue weighted by Crippen LogP contribution is -2.05. The van der Waals surface area contributed by atoms with Gasteiger partial charge in [0.25, 0.3) is 4.90 Å². The molecule has 0 amide bonds. The zero-order chi connectivity index (χ0) is 22.1. The Labute approximate surface area is 185 Å². The molecule has 0 saturated heterocycles. The van der Waals surface area contributed by atoms with Crippen LogP contribution in [0.2, 0.25) is 0 Å². The van der Waals surface area contributed by atoms with Crippen molar-refractivity contribution >= 4 is 30.6 Å². The van der Waals surface area contributed by atoms with Crippen LogP contribution in [0, 0.1) is 0 Å². The number of rotatable bonds is 6. The van der Waals surface area contributed by atoms with E-state index in [1.54, 1.807) is 21.3 Å². The van der Waals surface area contributed by atoms with Crippen LogP contribution in [0.25, 0.3) is 25.1 Å². The first-order valence-corrected chi connectivity index (χ1v) is 11.6. The van der Waals surface area contributed by atoms with Crippen molar-refractivity contribution in [3.63, 3.8) is 0 Å². The van der Waals surface area contributed by atoms with E-state index in [9.17, 15) is 4.79 Å². The summed E-state index contributed by atoms with van der Waals surface area (Å²) >= 11 is 0. The molecule has 1 aromatic heterocycles. The van der Waals surface area contributed by atoms with Gasteiger partial charge in [-0.15, -0.1) is 0 Å². The van der Waals surface area contributed by atoms with E-state index in [0.29, 0.717) is 17.2 Å². The van der Waals surface area contributed by atoms with Crippen molar-refractivity contribution in [2.45, 2.75) is 26.7 Å². The van der Waals surface area contributed by atoms with E-state index >= 15 is 0 Å². The molecular formula is C26H27O4S+. The van der Waals surface area contributed by atoms with E-state index < -0.39 is 10.5 Å². The molecule has 1 atom stereocenters. The lowest BCUT2D eigenvalue weighted by molar-refractivity contribution is 0.379. The molecule has 0 bridgehead atoms. The Morgan fingerprint density at radius 1 is 0.806 bits per heavy atom. The van der Waals surface area contributed by atoms with Crippen molar-refractivity contribution in [2.75, 3.05) is 21.3 Å². The second-order valence-corrected chi connectivity index (χ2v) is 9.20. The average Bonchev–Trinajstić information content (AvgIpc) is 2.83. The highest BCUT2D eigenvalue weighted by Crippen LogP contribution is 2.53. The molecule has 1 heterocycles. The van der Waals surface area contributed by atoms with Crippen LogP contribution >= 0.6 is 10.5 Å². The number of ether oxygens (including phenoxy) is 3. The molecule has 4 rings (SSSR count). The van der Waals surface area contributed by atoms with Gasteiger partial charge in [0, 0.05) is 28.2 Å². The number of hydrogen-bond acceptors (Lipinski definition) is 4. The maximum Gasteiger partial charge on any atom is 0.263 e. The van der Waals surface area contributed by atoms with Gasteiger partial charge in [0.15, 0.2) is 20.9 Å². The standard InChI is InChI=1S/C26H27O4S/c1-6-16-12-17(7-2)25-20(13-16)24(27)19-10-8-9-11-23(19)31(25)26-21(29-4)14-18(28-3)15-22(26)30-5/h8-15H,6-7H2,1-5H3/q+1. The van der Waals surface area contributed by atoms with Gasteiger partial charge in [-0.05, 0) is 36.6 Å². The van der Waals surface area contributed by atoms with Crippen molar-refractivity contribution in [1.82, 2.24) is 0 Å². The molecule has 160 valence electrons. The fourth-order valence-corrected chi connectivity index (χ4v) is 6.87. The van der Waals surface area contributed by atoms with Gasteiger partial charge < -0.3 is 14.2 Å². The monoisotopic (exact) mass is 435 g/mol. The second-order valence-electron chi connectivity index (χ2n) is 7.33. The molecule has 0 aliphatic heterocycles. The Bertz CT molecular complexity index is 1310. The summed E-state index contributed by atoms with van der Waals surface area (Å²) in [6.45, 7) is 4.27. The summed E-state index contributed by atoms with van der Waals surface area (Å²) in [5.74, 6) is 2.05. The van der Waals surface area contributed by atoms with Crippen molar-refractivity contribution in [3.05, 3.63) is 69.9 Å². The molecule has 0 spiro atoms. The Morgan fingerprint density at radius 2 is 1.48 bits per heavy atom. The Morgan fingerprint density at radius 3 is 2.06 bits per heavy atom. The van der Waals surface area contributed by atoms with Gasteiger partial charge in [-0.3, -0.25) is 4.79 Å². The first-order chi connectivity index (χ1) is 15.1. The zero-order valence-electron chi connectivity index (χ0n) is 18.6. The third kappa shape index (κ3) is 3.43. The summed E-state index contributed by atoms with van der Waals surface area (Å²) in [4.78, 5) is 14.5. The van der Waals surface area contributed by atoms with Crippen LogP contribution in [0.15, 0.2) is 53.3 Å². The first-order valence-electron chi connectivity index (χ1n) is 10.4. The van der Waals surface area contributed by atoms with Crippen molar-refractivity contribution in [3.8, 4) is 22.1 Å². The van der Waals surface area contributed by atoms with Gasteiger partial charge in [-0.1, -0.05) is 32.0 Å². The number of benzene rings is 3. The number of aryl methyl sites for hydroxylation is 2. The molecule has 0 N–H and O–H groups in total. The van der Waals surface area contributed by atoms with E-state index in [-0.39, 0.29) is 5.43 Å². The first kappa shape index (κ1) is 21.2. The second kappa shape index (κ2) is 8.60. The quantitative estimate of drug-likeness (QED) is 0.266. The smallest absolute Gasteiger partial charge is 0.263 e. The summed E-state index contributed by atoms with van der Waals surface area (Å²) < 4.78 is 19.2. The summed E-state index contributed by atoms with van der Waals surface area (Å²) in [6, 6.07) is 16.0. The molecule has 3 aromatic carbocycles. The van der Waals surface area contributed by atoms with E-state index in [1.165, 1.54) is 11.1 Å². The average molecular weight is 436 g/mol. The van der Waals surface area contributed by atoms with Gasteiger partial charge >= 0.3 is 0 Å². The van der Waals surface area contributed by atoms with Crippen molar-refractivity contribution in [2.24, 2.45) is 0 Å². The van der Waals surface area contributed by atoms with E-state index in [4.69, 9.17) is 14.2 Å². The summed E-state index contributed by atoms with van der Waals surface area (Å²) in [7, 11) is 4.38. The molecule has 4 nitrogen and oxygen atoms in total. The Kier molecular flexibility index (Phi) is 5.88.